The fourth-order valence-corrected chi connectivity index (χ4v) is 3.30. The van der Waals surface area contributed by atoms with E-state index < -0.39 is 35.3 Å². The van der Waals surface area contributed by atoms with Crippen molar-refractivity contribution in [3.8, 4) is 0 Å². The molecule has 0 saturated carbocycles. The molecule has 0 radical (unpaired) electrons. The maximum Gasteiger partial charge on any atom is 0.351 e. The van der Waals surface area contributed by atoms with Gasteiger partial charge in [-0.15, -0.1) is 9.78 Å². The van der Waals surface area contributed by atoms with Gasteiger partial charge in [0.15, 0.2) is 0 Å². The molecule has 10 heteroatoms. The minimum absolute atomic E-state index is 0.386. The summed E-state index contributed by atoms with van der Waals surface area (Å²) in [6.45, 7) is 2.90. The standard InChI is InChI=1S/2C11H12O5/c2*1-11(15-13)9(10(12)14-16-11)7-8-5-3-2-4-6-8/h2*2-6,9,13H,7H2,1H3/t2*9-,11+/m10/s1. The van der Waals surface area contributed by atoms with Crippen LogP contribution in [0.1, 0.15) is 25.0 Å². The van der Waals surface area contributed by atoms with Crippen molar-refractivity contribution < 1.29 is 49.4 Å². The summed E-state index contributed by atoms with van der Waals surface area (Å²) in [6.07, 6.45) is 0.771. The second-order valence-corrected chi connectivity index (χ2v) is 7.67. The van der Waals surface area contributed by atoms with Crippen LogP contribution in [-0.2, 0) is 51.8 Å². The van der Waals surface area contributed by atoms with Crippen molar-refractivity contribution in [1.29, 1.82) is 0 Å². The third kappa shape index (κ3) is 5.30. The molecular formula is C22H24O10. The minimum Gasteiger partial charge on any atom is -0.295 e. The number of benzene rings is 2. The Kier molecular flexibility index (Phi) is 7.56. The predicted molar refractivity (Wildman–Crippen MR) is 106 cm³/mol. The molecule has 2 fully saturated rings. The zero-order chi connectivity index (χ0) is 23.2. The van der Waals surface area contributed by atoms with Crippen LogP contribution in [0.25, 0.3) is 0 Å². The van der Waals surface area contributed by atoms with Crippen molar-refractivity contribution in [2.45, 2.75) is 38.3 Å². The van der Waals surface area contributed by atoms with Crippen LogP contribution in [0.5, 0.6) is 0 Å². The molecule has 2 aliphatic rings. The van der Waals surface area contributed by atoms with E-state index in [9.17, 15) is 9.59 Å². The summed E-state index contributed by atoms with van der Waals surface area (Å²) in [5.74, 6) is -5.32. The Balaban J connectivity index is 0.000000181. The average Bonchev–Trinajstić information content (AvgIpc) is 3.27. The number of carbonyl (C=O) groups is 2. The van der Waals surface area contributed by atoms with Crippen molar-refractivity contribution in [2.75, 3.05) is 0 Å². The Labute approximate surface area is 183 Å². The van der Waals surface area contributed by atoms with E-state index in [1.807, 2.05) is 60.7 Å². The van der Waals surface area contributed by atoms with E-state index in [0.717, 1.165) is 11.1 Å². The van der Waals surface area contributed by atoms with Gasteiger partial charge in [-0.1, -0.05) is 60.7 Å². The Morgan fingerprint density at radius 3 is 1.38 bits per heavy atom. The maximum atomic E-state index is 11.4. The first kappa shape index (κ1) is 23.8. The molecule has 4 atom stereocenters. The molecular weight excluding hydrogens is 424 g/mol. The van der Waals surface area contributed by atoms with Crippen molar-refractivity contribution in [3.05, 3.63) is 71.8 Å². The number of rotatable bonds is 6. The number of hydrogen-bond acceptors (Lipinski definition) is 10. The van der Waals surface area contributed by atoms with E-state index >= 15 is 0 Å². The number of hydrogen-bond donors (Lipinski definition) is 2. The number of carbonyl (C=O) groups excluding carboxylic acids is 2. The summed E-state index contributed by atoms with van der Waals surface area (Å²) in [7, 11) is 0. The van der Waals surface area contributed by atoms with Crippen molar-refractivity contribution in [3.63, 3.8) is 0 Å². The van der Waals surface area contributed by atoms with E-state index in [0.29, 0.717) is 12.8 Å². The highest BCUT2D eigenvalue weighted by molar-refractivity contribution is 5.75. The van der Waals surface area contributed by atoms with Gasteiger partial charge in [0.05, 0.1) is 0 Å². The van der Waals surface area contributed by atoms with Gasteiger partial charge in [0, 0.05) is 0 Å². The lowest BCUT2D eigenvalue weighted by Crippen LogP contribution is -2.37. The molecule has 2 N–H and O–H groups in total. The monoisotopic (exact) mass is 448 g/mol. The van der Waals surface area contributed by atoms with Gasteiger partial charge in [-0.25, -0.2) is 20.1 Å². The minimum atomic E-state index is -1.44. The smallest absolute Gasteiger partial charge is 0.295 e. The lowest BCUT2D eigenvalue weighted by Gasteiger charge is -2.20. The quantitative estimate of drug-likeness (QED) is 0.502. The van der Waals surface area contributed by atoms with Gasteiger partial charge in [0.25, 0.3) is 11.6 Å². The average molecular weight is 448 g/mol. The second-order valence-electron chi connectivity index (χ2n) is 7.67. The van der Waals surface area contributed by atoms with E-state index in [1.54, 1.807) is 0 Å². The lowest BCUT2D eigenvalue weighted by molar-refractivity contribution is -0.459. The molecule has 0 amide bonds. The fraction of sp³-hybridized carbons (Fsp3) is 0.364. The largest absolute Gasteiger partial charge is 0.351 e. The molecule has 4 rings (SSSR count). The summed E-state index contributed by atoms with van der Waals surface area (Å²) >= 11 is 0. The van der Waals surface area contributed by atoms with Gasteiger partial charge in [-0.05, 0) is 37.8 Å². The molecule has 10 nitrogen and oxygen atoms in total. The van der Waals surface area contributed by atoms with E-state index in [2.05, 4.69) is 29.3 Å². The van der Waals surface area contributed by atoms with Crippen molar-refractivity contribution in [1.82, 2.24) is 0 Å². The maximum absolute atomic E-state index is 11.4. The van der Waals surface area contributed by atoms with Crippen LogP contribution < -0.4 is 0 Å². The van der Waals surface area contributed by atoms with Crippen molar-refractivity contribution >= 4 is 11.9 Å². The molecule has 2 saturated heterocycles. The zero-order valence-electron chi connectivity index (χ0n) is 17.5. The zero-order valence-corrected chi connectivity index (χ0v) is 17.5. The first-order chi connectivity index (χ1) is 15.3. The van der Waals surface area contributed by atoms with Crippen LogP contribution >= 0.6 is 0 Å². The molecule has 2 aromatic rings. The summed E-state index contributed by atoms with van der Waals surface area (Å²) < 4.78 is 0. The van der Waals surface area contributed by atoms with Gasteiger partial charge in [-0.3, -0.25) is 9.78 Å². The summed E-state index contributed by atoms with van der Waals surface area (Å²) in [6, 6.07) is 18.8. The lowest BCUT2D eigenvalue weighted by atomic mass is 9.93. The topological polar surface area (TPSA) is 130 Å². The molecule has 172 valence electrons. The summed E-state index contributed by atoms with van der Waals surface area (Å²) in [5, 5.41) is 17.5. The normalized spacial score (nSPS) is 29.1. The first-order valence-corrected chi connectivity index (χ1v) is 9.83. The highest BCUT2D eigenvalue weighted by Gasteiger charge is 2.52. The summed E-state index contributed by atoms with van der Waals surface area (Å²) in [5.41, 5.74) is 1.89. The Hall–Kier alpha value is -2.86. The molecule has 0 aliphatic carbocycles. The Morgan fingerprint density at radius 2 is 1.06 bits per heavy atom. The first-order valence-electron chi connectivity index (χ1n) is 9.83. The predicted octanol–water partition coefficient (Wildman–Crippen LogP) is 3.08. The second kappa shape index (κ2) is 10.2. The molecule has 0 bridgehead atoms. The molecule has 2 aliphatic heterocycles. The Morgan fingerprint density at radius 1 is 0.719 bits per heavy atom. The van der Waals surface area contributed by atoms with Crippen LogP contribution in [-0.4, -0.2) is 34.0 Å². The van der Waals surface area contributed by atoms with Gasteiger partial charge < -0.3 is 0 Å². The van der Waals surface area contributed by atoms with E-state index in [-0.39, 0.29) is 0 Å². The van der Waals surface area contributed by atoms with Crippen LogP contribution in [0.15, 0.2) is 60.7 Å². The molecule has 32 heavy (non-hydrogen) atoms. The fourth-order valence-electron chi connectivity index (χ4n) is 3.30. The molecule has 0 spiro atoms. The van der Waals surface area contributed by atoms with Crippen LogP contribution in [0, 0.1) is 11.8 Å². The van der Waals surface area contributed by atoms with Gasteiger partial charge >= 0.3 is 11.9 Å². The van der Waals surface area contributed by atoms with Gasteiger partial charge in [-0.2, -0.15) is 9.78 Å². The molecule has 0 unspecified atom stereocenters. The van der Waals surface area contributed by atoms with Gasteiger partial charge in [0.1, 0.15) is 11.8 Å². The van der Waals surface area contributed by atoms with Crippen molar-refractivity contribution in [2.24, 2.45) is 11.8 Å². The van der Waals surface area contributed by atoms with Crippen LogP contribution in [0.3, 0.4) is 0 Å². The molecule has 2 heterocycles. The summed E-state index contributed by atoms with van der Waals surface area (Å²) in [4.78, 5) is 49.4. The highest BCUT2D eigenvalue weighted by Crippen LogP contribution is 2.34. The Bertz CT molecular complexity index is 830. The van der Waals surface area contributed by atoms with Crippen LogP contribution in [0.4, 0.5) is 0 Å². The van der Waals surface area contributed by atoms with Gasteiger partial charge in [0.2, 0.25) is 0 Å². The third-order valence-corrected chi connectivity index (χ3v) is 5.34. The molecule has 2 aromatic carbocycles. The third-order valence-electron chi connectivity index (χ3n) is 5.34. The highest BCUT2D eigenvalue weighted by atomic mass is 17.3. The van der Waals surface area contributed by atoms with E-state index in [4.69, 9.17) is 10.5 Å². The van der Waals surface area contributed by atoms with E-state index in [1.165, 1.54) is 13.8 Å². The SMILES string of the molecule is C[C@@]1(OO)OOC(=O)[C@@H]1Cc1ccccc1.C[C@]1(OO)OOC(=O)[C@H]1Cc1ccccc1. The van der Waals surface area contributed by atoms with Crippen LogP contribution in [0.2, 0.25) is 0 Å². The molecule has 0 aromatic heterocycles.